The van der Waals surface area contributed by atoms with Gasteiger partial charge in [-0.2, -0.15) is 0 Å². The number of carbonyl (C=O) groups excluding carboxylic acids is 1. The molecule has 0 bridgehead atoms. The Morgan fingerprint density at radius 1 is 1.12 bits per heavy atom. The molecule has 0 saturated heterocycles. The van der Waals surface area contributed by atoms with Crippen molar-refractivity contribution in [3.63, 3.8) is 0 Å². The molecule has 1 amide bonds. The number of para-hydroxylation sites is 1. The Kier molecular flexibility index (Phi) is 5.92. The van der Waals surface area contributed by atoms with Gasteiger partial charge < -0.3 is 10.2 Å². The van der Waals surface area contributed by atoms with Crippen molar-refractivity contribution in [1.29, 1.82) is 0 Å². The van der Waals surface area contributed by atoms with E-state index in [0.29, 0.717) is 12.1 Å². The molecule has 7 heteroatoms. The van der Waals surface area contributed by atoms with Crippen LogP contribution in [0, 0.1) is 0 Å². The second-order valence-electron chi connectivity index (χ2n) is 5.83. The average Bonchev–Trinajstić information content (AvgIpc) is 3.23. The first kappa shape index (κ1) is 17.6. The first-order chi connectivity index (χ1) is 12.8. The van der Waals surface area contributed by atoms with E-state index in [0.717, 1.165) is 25.2 Å². The molecule has 0 spiro atoms. The summed E-state index contributed by atoms with van der Waals surface area (Å²) in [5.74, 6) is -0.0731. The lowest BCUT2D eigenvalue weighted by atomic mass is 10.2. The van der Waals surface area contributed by atoms with Crippen molar-refractivity contribution < 1.29 is 4.79 Å². The highest BCUT2D eigenvalue weighted by Gasteiger charge is 2.07. The van der Waals surface area contributed by atoms with Gasteiger partial charge in [-0.05, 0) is 60.2 Å². The Balaban J connectivity index is 1.46. The van der Waals surface area contributed by atoms with Gasteiger partial charge in [0.15, 0.2) is 0 Å². The van der Waals surface area contributed by atoms with E-state index in [4.69, 9.17) is 0 Å². The van der Waals surface area contributed by atoms with Crippen LogP contribution in [-0.2, 0) is 0 Å². The van der Waals surface area contributed by atoms with Crippen LogP contribution in [0.2, 0.25) is 0 Å². The van der Waals surface area contributed by atoms with Crippen molar-refractivity contribution in [2.45, 2.75) is 13.3 Å². The molecule has 0 aliphatic carbocycles. The van der Waals surface area contributed by atoms with Gasteiger partial charge in [-0.25, -0.2) is 4.68 Å². The van der Waals surface area contributed by atoms with E-state index in [-0.39, 0.29) is 5.91 Å². The lowest BCUT2D eigenvalue weighted by Crippen LogP contribution is -2.29. The van der Waals surface area contributed by atoms with Crippen LogP contribution >= 0.6 is 0 Å². The molecule has 0 atom stereocenters. The Morgan fingerprint density at radius 2 is 1.88 bits per heavy atom. The molecule has 2 aromatic carbocycles. The number of benzene rings is 2. The molecule has 3 rings (SSSR count). The molecule has 0 radical (unpaired) electrons. The van der Waals surface area contributed by atoms with E-state index < -0.39 is 0 Å². The number of nitrogens with zero attached hydrogens (tertiary/aromatic N) is 5. The second kappa shape index (κ2) is 8.75. The Bertz CT molecular complexity index is 802. The van der Waals surface area contributed by atoms with Gasteiger partial charge in [0.25, 0.3) is 5.91 Å². The summed E-state index contributed by atoms with van der Waals surface area (Å²) >= 11 is 0. The fourth-order valence-corrected chi connectivity index (χ4v) is 2.73. The van der Waals surface area contributed by atoms with Crippen LogP contribution < -0.4 is 10.2 Å². The van der Waals surface area contributed by atoms with Crippen LogP contribution in [-0.4, -0.2) is 45.7 Å². The van der Waals surface area contributed by atoms with Gasteiger partial charge in [0, 0.05) is 30.9 Å². The van der Waals surface area contributed by atoms with Crippen LogP contribution in [0.1, 0.15) is 23.7 Å². The highest BCUT2D eigenvalue weighted by molar-refractivity contribution is 5.94. The average molecular weight is 350 g/mol. The van der Waals surface area contributed by atoms with Gasteiger partial charge in [0.05, 0.1) is 5.69 Å². The van der Waals surface area contributed by atoms with Gasteiger partial charge in [0.1, 0.15) is 6.33 Å². The lowest BCUT2D eigenvalue weighted by Gasteiger charge is -2.23. The van der Waals surface area contributed by atoms with E-state index in [1.165, 1.54) is 12.0 Å². The summed E-state index contributed by atoms with van der Waals surface area (Å²) in [5.41, 5.74) is 2.64. The third-order valence-electron chi connectivity index (χ3n) is 4.14. The number of anilines is 1. The van der Waals surface area contributed by atoms with Crippen LogP contribution in [0.15, 0.2) is 60.9 Å². The van der Waals surface area contributed by atoms with E-state index in [1.807, 2.05) is 30.3 Å². The zero-order valence-corrected chi connectivity index (χ0v) is 14.7. The molecule has 7 nitrogen and oxygen atoms in total. The van der Waals surface area contributed by atoms with Gasteiger partial charge >= 0.3 is 0 Å². The highest BCUT2D eigenvalue weighted by Crippen LogP contribution is 2.13. The molecule has 0 fully saturated rings. The summed E-state index contributed by atoms with van der Waals surface area (Å²) in [6, 6.07) is 17.5. The Hall–Kier alpha value is -3.22. The first-order valence-electron chi connectivity index (χ1n) is 8.69. The Labute approximate surface area is 152 Å². The van der Waals surface area contributed by atoms with Crippen LogP contribution in [0.3, 0.4) is 0 Å². The molecule has 26 heavy (non-hydrogen) atoms. The molecule has 1 N–H and O–H groups in total. The normalized spacial score (nSPS) is 10.5. The molecule has 0 aliphatic heterocycles. The SMILES string of the molecule is CCN(CCCNC(=O)c1ccc(-n2cnnn2)cc1)c1ccccc1. The maximum Gasteiger partial charge on any atom is 0.251 e. The van der Waals surface area contributed by atoms with Crippen molar-refractivity contribution in [1.82, 2.24) is 25.5 Å². The van der Waals surface area contributed by atoms with Gasteiger partial charge in [-0.1, -0.05) is 18.2 Å². The van der Waals surface area contributed by atoms with Crippen molar-refractivity contribution in [3.8, 4) is 5.69 Å². The minimum atomic E-state index is -0.0731. The number of rotatable bonds is 8. The fourth-order valence-electron chi connectivity index (χ4n) is 2.73. The van der Waals surface area contributed by atoms with E-state index in [9.17, 15) is 4.79 Å². The van der Waals surface area contributed by atoms with Crippen LogP contribution in [0.4, 0.5) is 5.69 Å². The van der Waals surface area contributed by atoms with Crippen molar-refractivity contribution in [3.05, 3.63) is 66.5 Å². The molecule has 1 heterocycles. The molecular formula is C19H22N6O. The van der Waals surface area contributed by atoms with Crippen LogP contribution in [0.25, 0.3) is 5.69 Å². The summed E-state index contributed by atoms with van der Waals surface area (Å²) in [7, 11) is 0. The Morgan fingerprint density at radius 3 is 2.54 bits per heavy atom. The summed E-state index contributed by atoms with van der Waals surface area (Å²) in [5, 5.41) is 14.0. The lowest BCUT2D eigenvalue weighted by molar-refractivity contribution is 0.0953. The smallest absolute Gasteiger partial charge is 0.251 e. The largest absolute Gasteiger partial charge is 0.372 e. The van der Waals surface area contributed by atoms with Crippen molar-refractivity contribution in [2.24, 2.45) is 0 Å². The topological polar surface area (TPSA) is 75.9 Å². The number of nitrogens with one attached hydrogen (secondary N) is 1. The standard InChI is InChI=1S/C19H22N6O/c1-2-24(17-7-4-3-5-8-17)14-6-13-20-19(26)16-9-11-18(12-10-16)25-15-21-22-23-25/h3-5,7-12,15H,2,6,13-14H2,1H3,(H,20,26). The maximum atomic E-state index is 12.3. The second-order valence-corrected chi connectivity index (χ2v) is 5.83. The third kappa shape index (κ3) is 4.44. The predicted molar refractivity (Wildman–Crippen MR) is 100 cm³/mol. The number of hydrogen-bond acceptors (Lipinski definition) is 5. The van der Waals surface area contributed by atoms with Crippen LogP contribution in [0.5, 0.6) is 0 Å². The number of hydrogen-bond donors (Lipinski definition) is 1. The van der Waals surface area contributed by atoms with E-state index in [2.05, 4.69) is 44.8 Å². The molecule has 0 saturated carbocycles. The minimum absolute atomic E-state index is 0.0731. The highest BCUT2D eigenvalue weighted by atomic mass is 16.1. The summed E-state index contributed by atoms with van der Waals surface area (Å²) in [4.78, 5) is 14.6. The van der Waals surface area contributed by atoms with Crippen molar-refractivity contribution in [2.75, 3.05) is 24.5 Å². The van der Waals surface area contributed by atoms with Gasteiger partial charge in [-0.3, -0.25) is 4.79 Å². The molecule has 0 aliphatic rings. The number of tetrazole rings is 1. The molecule has 0 unspecified atom stereocenters. The van der Waals surface area contributed by atoms with Gasteiger partial charge in [-0.15, -0.1) is 5.10 Å². The summed E-state index contributed by atoms with van der Waals surface area (Å²) < 4.78 is 1.55. The minimum Gasteiger partial charge on any atom is -0.372 e. The van der Waals surface area contributed by atoms with Gasteiger partial charge in [0.2, 0.25) is 0 Å². The number of carbonyl (C=O) groups is 1. The quantitative estimate of drug-likeness (QED) is 0.631. The monoisotopic (exact) mass is 350 g/mol. The molecule has 134 valence electrons. The molecular weight excluding hydrogens is 328 g/mol. The van der Waals surface area contributed by atoms with E-state index in [1.54, 1.807) is 16.8 Å². The third-order valence-corrected chi connectivity index (χ3v) is 4.14. The number of amides is 1. The summed E-state index contributed by atoms with van der Waals surface area (Å²) in [6.45, 7) is 4.62. The summed E-state index contributed by atoms with van der Waals surface area (Å²) in [6.07, 6.45) is 2.40. The zero-order chi connectivity index (χ0) is 18.2. The first-order valence-corrected chi connectivity index (χ1v) is 8.69. The van der Waals surface area contributed by atoms with Crippen molar-refractivity contribution >= 4 is 11.6 Å². The maximum absolute atomic E-state index is 12.3. The fraction of sp³-hybridized carbons (Fsp3) is 0.263. The molecule has 1 aromatic heterocycles. The molecule has 3 aromatic rings. The van der Waals surface area contributed by atoms with E-state index >= 15 is 0 Å². The number of aromatic nitrogens is 4. The zero-order valence-electron chi connectivity index (χ0n) is 14.7. The predicted octanol–water partition coefficient (Wildman–Crippen LogP) is 2.31.